The monoisotopic (exact) mass is 297 g/mol. The summed E-state index contributed by atoms with van der Waals surface area (Å²) in [5.41, 5.74) is 6.76. The van der Waals surface area contributed by atoms with E-state index < -0.39 is 0 Å². The summed E-state index contributed by atoms with van der Waals surface area (Å²) in [6.45, 7) is 4.17. The van der Waals surface area contributed by atoms with E-state index in [2.05, 4.69) is 37.9 Å². The van der Waals surface area contributed by atoms with E-state index in [-0.39, 0.29) is 0 Å². The normalized spacial score (nSPS) is 18.5. The Morgan fingerprint density at radius 1 is 1.35 bits per heavy atom. The number of piperidine rings is 1. The number of halogens is 1. The van der Waals surface area contributed by atoms with Gasteiger partial charge in [-0.25, -0.2) is 0 Å². The lowest BCUT2D eigenvalue weighted by Crippen LogP contribution is -2.34. The number of aromatic nitrogens is 1. The van der Waals surface area contributed by atoms with Crippen LogP contribution in [-0.4, -0.2) is 29.5 Å². The molecular weight excluding hydrogens is 278 g/mol. The molecule has 2 N–H and O–H groups in total. The molecule has 0 bridgehead atoms. The van der Waals surface area contributed by atoms with Gasteiger partial charge in [0, 0.05) is 17.2 Å². The zero-order valence-corrected chi connectivity index (χ0v) is 11.7. The van der Waals surface area contributed by atoms with Crippen LogP contribution < -0.4 is 5.73 Å². The molecule has 1 aromatic rings. The zero-order chi connectivity index (χ0) is 12.1. The van der Waals surface area contributed by atoms with Gasteiger partial charge in [0.05, 0.1) is 5.69 Å². The second-order valence-electron chi connectivity index (χ2n) is 4.76. The fraction of sp³-hybridized carbons (Fsp3) is 0.615. The highest BCUT2D eigenvalue weighted by Gasteiger charge is 2.18. The van der Waals surface area contributed by atoms with Crippen LogP contribution in [0.15, 0.2) is 22.8 Å². The molecule has 0 atom stereocenters. The summed E-state index contributed by atoms with van der Waals surface area (Å²) >= 11 is 3.41. The standard InChI is InChI=1S/C13H20BrN3/c14-12-1-2-13(16-9-12)10-17-7-4-11(3-6-15)5-8-17/h1-2,9,11H,3-8,10,15H2. The van der Waals surface area contributed by atoms with Gasteiger partial charge in [0.1, 0.15) is 0 Å². The lowest BCUT2D eigenvalue weighted by molar-refractivity contribution is 0.172. The molecule has 1 aromatic heterocycles. The summed E-state index contributed by atoms with van der Waals surface area (Å²) in [5, 5.41) is 0. The van der Waals surface area contributed by atoms with E-state index in [4.69, 9.17) is 5.73 Å². The molecule has 0 amide bonds. The summed E-state index contributed by atoms with van der Waals surface area (Å²) in [6.07, 6.45) is 5.63. The van der Waals surface area contributed by atoms with E-state index in [9.17, 15) is 0 Å². The third-order valence-corrected chi connectivity index (χ3v) is 3.93. The molecule has 1 saturated heterocycles. The van der Waals surface area contributed by atoms with E-state index in [1.54, 1.807) is 0 Å². The van der Waals surface area contributed by atoms with Crippen LogP contribution in [0.5, 0.6) is 0 Å². The Labute approximate surface area is 112 Å². The molecule has 94 valence electrons. The Hall–Kier alpha value is -0.450. The molecule has 0 radical (unpaired) electrons. The number of rotatable bonds is 4. The van der Waals surface area contributed by atoms with Gasteiger partial charge in [-0.05, 0) is 72.9 Å². The average Bonchev–Trinajstić information content (AvgIpc) is 2.35. The van der Waals surface area contributed by atoms with Crippen molar-refractivity contribution in [2.75, 3.05) is 19.6 Å². The fourth-order valence-corrected chi connectivity index (χ4v) is 2.63. The molecule has 0 unspecified atom stereocenters. The number of hydrogen-bond acceptors (Lipinski definition) is 3. The maximum absolute atomic E-state index is 5.60. The van der Waals surface area contributed by atoms with E-state index in [0.29, 0.717) is 0 Å². The van der Waals surface area contributed by atoms with Crippen LogP contribution in [0.1, 0.15) is 25.0 Å². The molecule has 17 heavy (non-hydrogen) atoms. The Bertz CT molecular complexity index is 331. The molecule has 1 aliphatic rings. The van der Waals surface area contributed by atoms with Crippen molar-refractivity contribution >= 4 is 15.9 Å². The summed E-state index contributed by atoms with van der Waals surface area (Å²) in [5.74, 6) is 0.842. The first-order chi connectivity index (χ1) is 8.28. The van der Waals surface area contributed by atoms with E-state index in [1.807, 2.05) is 6.20 Å². The molecular formula is C13H20BrN3. The second kappa shape index (κ2) is 6.47. The Kier molecular flexibility index (Phi) is 4.95. The van der Waals surface area contributed by atoms with Crippen LogP contribution in [0.4, 0.5) is 0 Å². The van der Waals surface area contributed by atoms with Crippen molar-refractivity contribution in [1.29, 1.82) is 0 Å². The van der Waals surface area contributed by atoms with Crippen molar-refractivity contribution in [3.63, 3.8) is 0 Å². The van der Waals surface area contributed by atoms with Crippen molar-refractivity contribution in [2.45, 2.75) is 25.8 Å². The van der Waals surface area contributed by atoms with Crippen LogP contribution in [0.25, 0.3) is 0 Å². The SMILES string of the molecule is NCCC1CCN(Cc2ccc(Br)cn2)CC1. The minimum absolute atomic E-state index is 0.832. The maximum Gasteiger partial charge on any atom is 0.0544 e. The predicted molar refractivity (Wildman–Crippen MR) is 73.6 cm³/mol. The Morgan fingerprint density at radius 2 is 2.12 bits per heavy atom. The van der Waals surface area contributed by atoms with Crippen LogP contribution in [-0.2, 0) is 6.54 Å². The van der Waals surface area contributed by atoms with Crippen LogP contribution >= 0.6 is 15.9 Å². The van der Waals surface area contributed by atoms with Gasteiger partial charge >= 0.3 is 0 Å². The number of nitrogens with zero attached hydrogens (tertiary/aromatic N) is 2. The molecule has 1 aliphatic heterocycles. The molecule has 4 heteroatoms. The van der Waals surface area contributed by atoms with Crippen molar-refractivity contribution in [3.05, 3.63) is 28.5 Å². The average molecular weight is 298 g/mol. The molecule has 0 saturated carbocycles. The highest BCUT2D eigenvalue weighted by Crippen LogP contribution is 2.21. The van der Waals surface area contributed by atoms with Crippen molar-refractivity contribution < 1.29 is 0 Å². The number of pyridine rings is 1. The molecule has 2 heterocycles. The lowest BCUT2D eigenvalue weighted by atomic mass is 9.93. The number of likely N-dealkylation sites (tertiary alicyclic amines) is 1. The topological polar surface area (TPSA) is 42.1 Å². The minimum Gasteiger partial charge on any atom is -0.330 e. The molecule has 0 aromatic carbocycles. The minimum atomic E-state index is 0.832. The number of nitrogens with two attached hydrogens (primary N) is 1. The predicted octanol–water partition coefficient (Wildman–Crippen LogP) is 2.40. The summed E-state index contributed by atoms with van der Waals surface area (Å²) in [6, 6.07) is 4.15. The first-order valence-corrected chi connectivity index (χ1v) is 7.10. The van der Waals surface area contributed by atoms with Crippen LogP contribution in [0.2, 0.25) is 0 Å². The van der Waals surface area contributed by atoms with Gasteiger partial charge in [0.2, 0.25) is 0 Å². The third kappa shape index (κ3) is 4.05. The van der Waals surface area contributed by atoms with Crippen molar-refractivity contribution in [1.82, 2.24) is 9.88 Å². The smallest absolute Gasteiger partial charge is 0.0544 e. The lowest BCUT2D eigenvalue weighted by Gasteiger charge is -2.31. The highest BCUT2D eigenvalue weighted by atomic mass is 79.9. The van der Waals surface area contributed by atoms with E-state index >= 15 is 0 Å². The van der Waals surface area contributed by atoms with Crippen molar-refractivity contribution in [3.8, 4) is 0 Å². The molecule has 0 aliphatic carbocycles. The van der Waals surface area contributed by atoms with Gasteiger partial charge in [0.15, 0.2) is 0 Å². The van der Waals surface area contributed by atoms with E-state index in [1.165, 1.54) is 32.4 Å². The van der Waals surface area contributed by atoms with Gasteiger partial charge in [-0.15, -0.1) is 0 Å². The van der Waals surface area contributed by atoms with Gasteiger partial charge in [0.25, 0.3) is 0 Å². The highest BCUT2D eigenvalue weighted by molar-refractivity contribution is 9.10. The van der Waals surface area contributed by atoms with Gasteiger partial charge in [-0.3, -0.25) is 9.88 Å². The summed E-state index contributed by atoms with van der Waals surface area (Å²) < 4.78 is 1.04. The largest absolute Gasteiger partial charge is 0.330 e. The van der Waals surface area contributed by atoms with Crippen molar-refractivity contribution in [2.24, 2.45) is 11.7 Å². The number of hydrogen-bond donors (Lipinski definition) is 1. The van der Waals surface area contributed by atoms with Gasteiger partial charge in [-0.2, -0.15) is 0 Å². The Balaban J connectivity index is 1.79. The van der Waals surface area contributed by atoms with E-state index in [0.717, 1.165) is 29.2 Å². The van der Waals surface area contributed by atoms with Gasteiger partial charge in [-0.1, -0.05) is 0 Å². The fourth-order valence-electron chi connectivity index (χ4n) is 2.40. The molecule has 1 fully saturated rings. The summed E-state index contributed by atoms with van der Waals surface area (Å²) in [7, 11) is 0. The second-order valence-corrected chi connectivity index (χ2v) is 5.68. The first kappa shape index (κ1) is 13.0. The maximum atomic E-state index is 5.60. The quantitative estimate of drug-likeness (QED) is 0.928. The van der Waals surface area contributed by atoms with Crippen LogP contribution in [0, 0.1) is 5.92 Å². The molecule has 0 spiro atoms. The van der Waals surface area contributed by atoms with Crippen LogP contribution in [0.3, 0.4) is 0 Å². The molecule has 3 nitrogen and oxygen atoms in total. The third-order valence-electron chi connectivity index (χ3n) is 3.46. The van der Waals surface area contributed by atoms with Gasteiger partial charge < -0.3 is 5.73 Å². The first-order valence-electron chi connectivity index (χ1n) is 6.31. The molecule has 2 rings (SSSR count). The summed E-state index contributed by atoms with van der Waals surface area (Å²) in [4.78, 5) is 6.91. The zero-order valence-electron chi connectivity index (χ0n) is 10.1. The Morgan fingerprint density at radius 3 is 2.71 bits per heavy atom.